The molecule has 4 aromatic heterocycles. The van der Waals surface area contributed by atoms with Crippen molar-refractivity contribution < 1.29 is 33.7 Å². The van der Waals surface area contributed by atoms with Gasteiger partial charge in [0.1, 0.15) is 17.6 Å². The lowest BCUT2D eigenvalue weighted by molar-refractivity contribution is -0.248. The predicted molar refractivity (Wildman–Crippen MR) is 327 cm³/mol. The molecule has 1 aromatic carbocycles. The fourth-order valence-corrected chi connectivity index (χ4v) is 17.1. The number of thiazole rings is 1. The van der Waals surface area contributed by atoms with Gasteiger partial charge in [0, 0.05) is 73.1 Å². The molecular weight excluding hydrogens is 1080 g/mol. The van der Waals surface area contributed by atoms with Crippen LogP contribution in [0.5, 0.6) is 0 Å². The van der Waals surface area contributed by atoms with Crippen molar-refractivity contribution in [2.24, 2.45) is 27.6 Å². The molecule has 5 atom stereocenters. The van der Waals surface area contributed by atoms with E-state index < -0.39 is 17.6 Å². The first-order valence-corrected chi connectivity index (χ1v) is 31.8. The third-order valence-corrected chi connectivity index (χ3v) is 19.9. The van der Waals surface area contributed by atoms with Crippen LogP contribution in [0, 0.1) is 41.4 Å². The van der Waals surface area contributed by atoms with Gasteiger partial charge in [-0.05, 0) is 149 Å². The Morgan fingerprint density at radius 2 is 1.61 bits per heavy atom. The third-order valence-electron chi connectivity index (χ3n) is 19.0. The number of hydrogen-bond acceptors (Lipinski definition) is 16. The maximum atomic E-state index is 14.7. The second-order valence-electron chi connectivity index (χ2n) is 27.8. The number of aliphatic hydroxyl groups is 1. The summed E-state index contributed by atoms with van der Waals surface area (Å²) in [5.74, 6) is 1.39. The van der Waals surface area contributed by atoms with Crippen LogP contribution >= 0.6 is 11.3 Å². The highest BCUT2D eigenvalue weighted by atomic mass is 32.1. The van der Waals surface area contributed by atoms with E-state index in [4.69, 9.17) is 39.5 Å². The number of amides is 3. The zero-order valence-corrected chi connectivity index (χ0v) is 52.0. The van der Waals surface area contributed by atoms with E-state index in [0.29, 0.717) is 30.2 Å². The van der Waals surface area contributed by atoms with Crippen LogP contribution in [0.4, 0.5) is 22.6 Å². The summed E-state index contributed by atoms with van der Waals surface area (Å²) in [6, 6.07) is 11.2. The van der Waals surface area contributed by atoms with Crippen LogP contribution in [-0.2, 0) is 36.8 Å². The average molecular weight is 1170 g/mol. The molecule has 5 aromatic rings. The van der Waals surface area contributed by atoms with Gasteiger partial charge in [-0.25, -0.2) is 9.97 Å². The molecule has 7 aliphatic rings. The Morgan fingerprint density at radius 1 is 0.857 bits per heavy atom. The first-order valence-electron chi connectivity index (χ1n) is 31.0. The number of likely N-dealkylation sites (tertiary alicyclic amines) is 2. The highest BCUT2D eigenvalue weighted by Crippen LogP contribution is 2.72. The number of carbonyl (C=O) groups excluding carboxylic acids is 3. The molecule has 84 heavy (non-hydrogen) atoms. The number of nitrogens with one attached hydrogen (secondary N) is 3. The van der Waals surface area contributed by atoms with Crippen molar-refractivity contribution in [2.45, 2.75) is 170 Å². The number of hydrogen-bond donors (Lipinski definition) is 4. The van der Waals surface area contributed by atoms with Gasteiger partial charge in [-0.2, -0.15) is 5.10 Å². The Bertz CT molecular complexity index is 3150. The van der Waals surface area contributed by atoms with Crippen LogP contribution in [-0.4, -0.2) is 159 Å². The molecule has 3 amide bonds. The fraction of sp³-hybridized carbons (Fsp3) is 0.656. The summed E-state index contributed by atoms with van der Waals surface area (Å²) in [7, 11) is 0. The number of nitrogens with zero attached hydrogens (tertiary/aromatic N) is 9. The van der Waals surface area contributed by atoms with Crippen LogP contribution in [0.25, 0.3) is 21.3 Å². The Morgan fingerprint density at radius 3 is 2.35 bits per heavy atom. The van der Waals surface area contributed by atoms with Crippen molar-refractivity contribution in [3.63, 3.8) is 0 Å². The largest absolute Gasteiger partial charge is 0.391 e. The Kier molecular flexibility index (Phi) is 17.3. The summed E-state index contributed by atoms with van der Waals surface area (Å²) in [6.45, 7) is 26.1. The van der Waals surface area contributed by atoms with Crippen LogP contribution in [0.3, 0.4) is 0 Å². The van der Waals surface area contributed by atoms with Gasteiger partial charge in [0.2, 0.25) is 11.8 Å². The number of rotatable bonds is 23. The molecule has 3 unspecified atom stereocenters. The number of fused-ring (bicyclic) bond motifs is 2. The lowest BCUT2D eigenvalue weighted by Gasteiger charge is -2.69. The van der Waals surface area contributed by atoms with Crippen molar-refractivity contribution in [1.29, 1.82) is 0 Å². The maximum Gasteiger partial charge on any atom is 0.270 e. The van der Waals surface area contributed by atoms with Crippen LogP contribution < -0.4 is 20.9 Å². The van der Waals surface area contributed by atoms with Gasteiger partial charge in [-0.15, -0.1) is 10.2 Å². The quantitative estimate of drug-likeness (QED) is 0.0449. The number of benzene rings is 1. The number of aromatic nitrogens is 6. The molecule has 7 heterocycles. The molecule has 6 fully saturated rings. The number of ether oxygens (including phenoxy) is 3. The van der Waals surface area contributed by atoms with Crippen LogP contribution in [0.15, 0.2) is 42.6 Å². The predicted octanol–water partition coefficient (Wildman–Crippen LogP) is 9.32. The highest BCUT2D eigenvalue weighted by Gasteiger charge is 2.66. The summed E-state index contributed by atoms with van der Waals surface area (Å²) < 4.78 is 22.1. The van der Waals surface area contributed by atoms with Gasteiger partial charge < -0.3 is 50.0 Å². The van der Waals surface area contributed by atoms with E-state index in [1.807, 2.05) is 71.1 Å². The second kappa shape index (κ2) is 24.3. The van der Waals surface area contributed by atoms with E-state index in [1.54, 1.807) is 16.2 Å². The van der Waals surface area contributed by atoms with E-state index in [2.05, 4.69) is 64.2 Å². The molecule has 19 nitrogen and oxygen atoms in total. The second-order valence-corrected chi connectivity index (χ2v) is 28.8. The smallest absolute Gasteiger partial charge is 0.270 e. The molecule has 454 valence electrons. The van der Waals surface area contributed by atoms with Gasteiger partial charge in [0.05, 0.1) is 61.2 Å². The van der Waals surface area contributed by atoms with Crippen molar-refractivity contribution in [2.75, 3.05) is 82.5 Å². The molecule has 4 N–H and O–H groups in total. The van der Waals surface area contributed by atoms with Gasteiger partial charge >= 0.3 is 0 Å². The molecule has 0 spiro atoms. The number of pyridine rings is 1. The van der Waals surface area contributed by atoms with Crippen molar-refractivity contribution >= 4 is 61.9 Å². The SMILES string of the molecule is Cc1c(Nc2nc3ccccc3s2)nnc2c1CCCN2c1ccc(-c2cnn(CC34CC5(C)CC(C)(C3)CC(OCCN3CCCC3)(C5)C4)c2C)c(C(=O)NCCOCCOCCC(=O)NC(C(=O)N2C[C@H](O)C[C@H]2C(C)C)C(C)(C)C)n1. The number of β-amino-alcohol motifs (C(OH)–C–C–N with tert-alkyl or cyclic N) is 1. The minimum absolute atomic E-state index is 0.0427. The van der Waals surface area contributed by atoms with Crippen molar-refractivity contribution in [3.05, 3.63) is 65.1 Å². The summed E-state index contributed by atoms with van der Waals surface area (Å²) >= 11 is 1.58. The van der Waals surface area contributed by atoms with E-state index in [-0.39, 0.29) is 103 Å². The molecule has 0 radical (unpaired) electrons. The minimum Gasteiger partial charge on any atom is -0.391 e. The van der Waals surface area contributed by atoms with Crippen molar-refractivity contribution in [1.82, 2.24) is 50.4 Å². The maximum absolute atomic E-state index is 14.7. The first kappa shape index (κ1) is 60.1. The van der Waals surface area contributed by atoms with Gasteiger partial charge in [0.25, 0.3) is 5.91 Å². The van der Waals surface area contributed by atoms with Gasteiger partial charge in [-0.1, -0.05) is 71.9 Å². The first-order chi connectivity index (χ1) is 40.1. The molecule has 12 rings (SSSR count). The van der Waals surface area contributed by atoms with E-state index in [9.17, 15) is 19.5 Å². The summed E-state index contributed by atoms with van der Waals surface area (Å²) in [4.78, 5) is 58.0. The summed E-state index contributed by atoms with van der Waals surface area (Å²) in [6.07, 6.45) is 13.0. The zero-order valence-electron chi connectivity index (χ0n) is 51.2. The molecule has 4 bridgehead atoms. The Labute approximate surface area is 499 Å². The lowest BCUT2D eigenvalue weighted by Crippen LogP contribution is -2.64. The summed E-state index contributed by atoms with van der Waals surface area (Å²) in [5, 5.41) is 35.3. The topological polar surface area (TPSA) is 214 Å². The highest BCUT2D eigenvalue weighted by molar-refractivity contribution is 7.22. The Balaban J connectivity index is 0.762. The third kappa shape index (κ3) is 12.9. The van der Waals surface area contributed by atoms with Gasteiger partial charge in [0.15, 0.2) is 16.8 Å². The molecular formula is C64H90N12O7S. The normalized spacial score (nSPS) is 26.1. The molecule has 20 heteroatoms. The van der Waals surface area contributed by atoms with Crippen LogP contribution in [0.2, 0.25) is 0 Å². The van der Waals surface area contributed by atoms with Gasteiger partial charge in [-0.3, -0.25) is 19.1 Å². The zero-order chi connectivity index (χ0) is 59.2. The van der Waals surface area contributed by atoms with Crippen LogP contribution in [0.1, 0.15) is 146 Å². The number of para-hydroxylation sites is 1. The molecule has 3 aliphatic heterocycles. The molecule has 4 saturated carbocycles. The standard InChI is InChI=1S/C64H90N12O7S/c1-41(2)49-31-44(77)33-75(49)58(80)54(60(5,6)7)69-52(78)20-26-81-29-30-82-27-21-65-57(79)53-46(18-19-51(68-53)74-24-14-15-45-42(3)55(71-72-56(45)74)70-59-67-48-16-10-11-17-50(48)84-59)47-32-66-76(43(47)4)40-63-35-61(8)34-62(9,36-63)38-64(37-61,39-63)83-28-25-73-22-12-13-23-73/h10-11,16-19,32,41,44,49,54,77H,12-15,20-31,33-40H2,1-9H3,(H,65,79)(H,69,78)(H,67,70,71)/t44-,49+,54?,61?,62?,63?,64?/m1/s1. The van der Waals surface area contributed by atoms with Crippen molar-refractivity contribution in [3.8, 4) is 11.1 Å². The summed E-state index contributed by atoms with van der Waals surface area (Å²) in [5.41, 5.74) is 5.66. The number of anilines is 4. The molecule has 2 saturated heterocycles. The average Bonchev–Trinajstić information content (AvgIpc) is 1.01. The number of aliphatic hydroxyl groups excluding tert-OH is 1. The minimum atomic E-state index is -0.745. The molecule has 4 aliphatic carbocycles. The monoisotopic (exact) mass is 1170 g/mol. The van der Waals surface area contributed by atoms with E-state index >= 15 is 0 Å². The Hall–Kier alpha value is -5.64. The number of carbonyl (C=O) groups is 3. The van der Waals surface area contributed by atoms with E-state index in [0.717, 1.165) is 108 Å². The fourth-order valence-electron chi connectivity index (χ4n) is 16.3. The lowest BCUT2D eigenvalue weighted by atomic mass is 9.39. The van der Waals surface area contributed by atoms with E-state index in [1.165, 1.54) is 32.4 Å².